The third kappa shape index (κ3) is 3.40. The Morgan fingerprint density at radius 1 is 0.920 bits per heavy atom. The van der Waals surface area contributed by atoms with Gasteiger partial charge in [-0.3, -0.25) is 0 Å². The zero-order chi connectivity index (χ0) is 17.8. The Hall–Kier alpha value is -3.08. The number of rotatable bonds is 6. The molecule has 5 nitrogen and oxygen atoms in total. The maximum Gasteiger partial charge on any atom is 0.205 e. The van der Waals surface area contributed by atoms with E-state index in [9.17, 15) is 4.79 Å². The molecule has 0 spiro atoms. The first kappa shape index (κ1) is 16.8. The summed E-state index contributed by atoms with van der Waals surface area (Å²) in [7, 11) is 3.24. The summed E-state index contributed by atoms with van der Waals surface area (Å²) in [6.45, 7) is 1.76. The number of nitrogens with zero attached hydrogens (tertiary/aromatic N) is 1. The lowest BCUT2D eigenvalue weighted by molar-refractivity contribution is -0.109. The molecule has 3 aromatic rings. The van der Waals surface area contributed by atoms with E-state index in [-0.39, 0.29) is 0 Å². The van der Waals surface area contributed by atoms with Crippen LogP contribution in [0, 0.1) is 0 Å². The fourth-order valence-electron chi connectivity index (χ4n) is 2.47. The van der Waals surface area contributed by atoms with E-state index >= 15 is 0 Å². The zero-order valence-corrected chi connectivity index (χ0v) is 14.4. The van der Waals surface area contributed by atoms with Crippen molar-refractivity contribution in [1.29, 1.82) is 0 Å². The summed E-state index contributed by atoms with van der Waals surface area (Å²) < 4.78 is 16.3. The highest BCUT2D eigenvalue weighted by Crippen LogP contribution is 2.35. The Labute approximate surface area is 146 Å². The van der Waals surface area contributed by atoms with Gasteiger partial charge in [-0.05, 0) is 55.5 Å². The Morgan fingerprint density at radius 2 is 1.44 bits per heavy atom. The van der Waals surface area contributed by atoms with Crippen LogP contribution in [0.2, 0.25) is 0 Å². The second kappa shape index (κ2) is 7.21. The van der Waals surface area contributed by atoms with Crippen molar-refractivity contribution in [3.05, 3.63) is 54.4 Å². The van der Waals surface area contributed by atoms with Gasteiger partial charge in [0.2, 0.25) is 5.89 Å². The summed E-state index contributed by atoms with van der Waals surface area (Å²) >= 11 is 0. The fourth-order valence-corrected chi connectivity index (χ4v) is 2.47. The standard InChI is InChI=1S/C20H19NO4/c1-13(12-22)20-21-18(14-4-8-16(23-2)9-5-14)19(25-20)15-6-10-17(24-3)11-7-15/h4-13H,1-3H3. The molecule has 1 heterocycles. The van der Waals surface area contributed by atoms with Crippen LogP contribution in [0.3, 0.4) is 0 Å². The van der Waals surface area contributed by atoms with Gasteiger partial charge in [-0.2, -0.15) is 0 Å². The maximum atomic E-state index is 11.1. The highest BCUT2D eigenvalue weighted by atomic mass is 16.5. The molecule has 128 valence electrons. The lowest BCUT2D eigenvalue weighted by Crippen LogP contribution is -1.94. The van der Waals surface area contributed by atoms with E-state index < -0.39 is 5.92 Å². The summed E-state index contributed by atoms with van der Waals surface area (Å²) in [4.78, 5) is 15.7. The largest absolute Gasteiger partial charge is 0.497 e. The molecule has 1 atom stereocenters. The summed E-state index contributed by atoms with van der Waals surface area (Å²) in [5, 5.41) is 0. The van der Waals surface area contributed by atoms with Crippen LogP contribution in [0.4, 0.5) is 0 Å². The smallest absolute Gasteiger partial charge is 0.205 e. The SMILES string of the molecule is COc1ccc(-c2nc(C(C)C=O)oc2-c2ccc(OC)cc2)cc1. The van der Waals surface area contributed by atoms with Crippen LogP contribution >= 0.6 is 0 Å². The number of benzene rings is 2. The van der Waals surface area contributed by atoms with Crippen LogP contribution in [0.5, 0.6) is 11.5 Å². The minimum atomic E-state index is -0.413. The summed E-state index contributed by atoms with van der Waals surface area (Å²) in [5.74, 6) is 2.13. The van der Waals surface area contributed by atoms with E-state index in [0.29, 0.717) is 17.3 Å². The molecule has 25 heavy (non-hydrogen) atoms. The van der Waals surface area contributed by atoms with Crippen LogP contribution < -0.4 is 9.47 Å². The zero-order valence-electron chi connectivity index (χ0n) is 14.4. The van der Waals surface area contributed by atoms with E-state index in [1.54, 1.807) is 21.1 Å². The van der Waals surface area contributed by atoms with E-state index in [4.69, 9.17) is 13.9 Å². The van der Waals surface area contributed by atoms with Gasteiger partial charge in [0.25, 0.3) is 0 Å². The van der Waals surface area contributed by atoms with Crippen molar-refractivity contribution < 1.29 is 18.7 Å². The summed E-state index contributed by atoms with van der Waals surface area (Å²) in [6.07, 6.45) is 0.821. The van der Waals surface area contributed by atoms with Crippen molar-refractivity contribution in [1.82, 2.24) is 4.98 Å². The Balaban J connectivity index is 2.10. The maximum absolute atomic E-state index is 11.1. The third-order valence-corrected chi connectivity index (χ3v) is 3.95. The predicted octanol–water partition coefficient (Wildman–Crippen LogP) is 4.33. The van der Waals surface area contributed by atoms with Crippen LogP contribution in [0.1, 0.15) is 18.7 Å². The highest BCUT2D eigenvalue weighted by Gasteiger charge is 2.20. The van der Waals surface area contributed by atoms with Gasteiger partial charge in [0.05, 0.1) is 20.1 Å². The molecular weight excluding hydrogens is 318 g/mol. The molecule has 0 aliphatic rings. The van der Waals surface area contributed by atoms with Gasteiger partial charge in [0.15, 0.2) is 5.76 Å². The van der Waals surface area contributed by atoms with Gasteiger partial charge in [-0.1, -0.05) is 0 Å². The van der Waals surface area contributed by atoms with Crippen molar-refractivity contribution in [2.24, 2.45) is 0 Å². The molecule has 0 radical (unpaired) electrons. The average Bonchev–Trinajstić information content (AvgIpc) is 3.13. The topological polar surface area (TPSA) is 61.6 Å². The summed E-state index contributed by atoms with van der Waals surface area (Å²) in [6, 6.07) is 15.1. The fraction of sp³-hybridized carbons (Fsp3) is 0.200. The number of methoxy groups -OCH3 is 2. The second-order valence-corrected chi connectivity index (χ2v) is 5.61. The molecule has 3 rings (SSSR count). The van der Waals surface area contributed by atoms with Gasteiger partial charge in [0.1, 0.15) is 23.5 Å². The first-order chi connectivity index (χ1) is 12.2. The van der Waals surface area contributed by atoms with Crippen LogP contribution in [-0.2, 0) is 4.79 Å². The van der Waals surface area contributed by atoms with Crippen LogP contribution in [-0.4, -0.2) is 25.5 Å². The molecule has 5 heteroatoms. The number of hydrogen-bond acceptors (Lipinski definition) is 5. The minimum Gasteiger partial charge on any atom is -0.497 e. The molecule has 0 fully saturated rings. The molecule has 0 aliphatic carbocycles. The van der Waals surface area contributed by atoms with Gasteiger partial charge in [-0.25, -0.2) is 4.98 Å². The van der Waals surface area contributed by atoms with Crippen LogP contribution in [0.15, 0.2) is 52.9 Å². The van der Waals surface area contributed by atoms with Crippen molar-refractivity contribution in [2.75, 3.05) is 14.2 Å². The lowest BCUT2D eigenvalue weighted by atomic mass is 10.1. The van der Waals surface area contributed by atoms with E-state index in [2.05, 4.69) is 4.98 Å². The monoisotopic (exact) mass is 337 g/mol. The molecular formula is C20H19NO4. The molecule has 0 saturated carbocycles. The second-order valence-electron chi connectivity index (χ2n) is 5.61. The first-order valence-corrected chi connectivity index (χ1v) is 7.91. The Bertz CT molecular complexity index is 785. The number of aldehydes is 1. The minimum absolute atomic E-state index is 0.395. The Morgan fingerprint density at radius 3 is 1.92 bits per heavy atom. The predicted molar refractivity (Wildman–Crippen MR) is 95.0 cm³/mol. The van der Waals surface area contributed by atoms with Crippen molar-refractivity contribution in [3.63, 3.8) is 0 Å². The summed E-state index contributed by atoms with van der Waals surface area (Å²) in [5.41, 5.74) is 2.44. The molecule has 0 bridgehead atoms. The molecule has 1 aromatic heterocycles. The molecule has 0 amide bonds. The van der Waals surface area contributed by atoms with Crippen molar-refractivity contribution >= 4 is 6.29 Å². The Kier molecular flexibility index (Phi) is 4.84. The molecule has 0 N–H and O–H groups in total. The number of carbonyl (C=O) groups is 1. The molecule has 0 saturated heterocycles. The van der Waals surface area contributed by atoms with Gasteiger partial charge in [-0.15, -0.1) is 0 Å². The number of aromatic nitrogens is 1. The number of carbonyl (C=O) groups excluding carboxylic acids is 1. The lowest BCUT2D eigenvalue weighted by Gasteiger charge is -2.04. The number of ether oxygens (including phenoxy) is 2. The molecule has 0 aliphatic heterocycles. The number of oxazole rings is 1. The number of hydrogen-bond donors (Lipinski definition) is 0. The van der Waals surface area contributed by atoms with Crippen LogP contribution in [0.25, 0.3) is 22.6 Å². The first-order valence-electron chi connectivity index (χ1n) is 7.91. The third-order valence-electron chi connectivity index (χ3n) is 3.95. The normalized spacial score (nSPS) is 11.8. The molecule has 2 aromatic carbocycles. The highest BCUT2D eigenvalue weighted by molar-refractivity contribution is 5.78. The van der Waals surface area contributed by atoms with E-state index in [0.717, 1.165) is 28.9 Å². The average molecular weight is 337 g/mol. The quantitative estimate of drug-likeness (QED) is 0.627. The van der Waals surface area contributed by atoms with Crippen molar-refractivity contribution in [2.45, 2.75) is 12.8 Å². The van der Waals surface area contributed by atoms with Gasteiger partial charge < -0.3 is 18.7 Å². The van der Waals surface area contributed by atoms with Gasteiger partial charge >= 0.3 is 0 Å². The van der Waals surface area contributed by atoms with E-state index in [1.807, 2.05) is 48.5 Å². The van der Waals surface area contributed by atoms with Gasteiger partial charge in [0, 0.05) is 11.1 Å². The van der Waals surface area contributed by atoms with Crippen molar-refractivity contribution in [3.8, 4) is 34.1 Å². The van der Waals surface area contributed by atoms with E-state index in [1.165, 1.54) is 0 Å². The molecule has 1 unspecified atom stereocenters.